The van der Waals surface area contributed by atoms with Gasteiger partial charge in [-0.05, 0) is 26.7 Å². The molecule has 2 fully saturated rings. The smallest absolute Gasteiger partial charge is 0.624 e. The summed E-state index contributed by atoms with van der Waals surface area (Å²) in [5.41, 5.74) is -1.51. The standard InChI is InChI=1S/C19H34FN2O2.K/c1-11-13(16(3,4)5)21-19(10,20)12(2)22-14(11)18(9,17(6,7)8)24-15(22)23;/h11-14H,1-10H3;/q-1;+1/t11-,12?,13?,14?,18-,19?;/m0./s1/i12D;. The molecule has 2 aliphatic heterocycles. The first-order valence-electron chi connectivity index (χ1n) is 9.31. The first-order chi connectivity index (χ1) is 10.9. The van der Waals surface area contributed by atoms with Gasteiger partial charge in [-0.15, -0.1) is 6.04 Å². The van der Waals surface area contributed by atoms with Gasteiger partial charge in [-0.3, -0.25) is 9.29 Å². The fourth-order valence-corrected chi connectivity index (χ4v) is 4.18. The summed E-state index contributed by atoms with van der Waals surface area (Å²) in [6.07, 6.45) is -0.625. The molecule has 4 nitrogen and oxygen atoms in total. The van der Waals surface area contributed by atoms with Crippen LogP contribution in [0.3, 0.4) is 0 Å². The van der Waals surface area contributed by atoms with Crippen molar-refractivity contribution in [2.45, 2.75) is 98.7 Å². The Kier molecular flexibility index (Phi) is 6.18. The number of carbonyl (C=O) groups is 1. The van der Waals surface area contributed by atoms with Gasteiger partial charge in [0.2, 0.25) is 0 Å². The van der Waals surface area contributed by atoms with Gasteiger partial charge in [0.1, 0.15) is 5.60 Å². The second kappa shape index (κ2) is 7.00. The Bertz CT molecular complexity index is 571. The molecule has 0 N–H and O–H groups in total. The Balaban J connectivity index is 0.00000338. The molecule has 0 aliphatic carbocycles. The number of cyclic esters (lactones) is 1. The van der Waals surface area contributed by atoms with Crippen LogP contribution >= 0.6 is 0 Å². The van der Waals surface area contributed by atoms with Crippen LogP contribution in [0.4, 0.5) is 9.18 Å². The molecular formula is C19H34FKN2O2. The predicted octanol–water partition coefficient (Wildman–Crippen LogP) is 2.13. The van der Waals surface area contributed by atoms with E-state index in [0.717, 1.165) is 0 Å². The third kappa shape index (κ3) is 3.86. The molecule has 0 radical (unpaired) electrons. The molecule has 2 saturated heterocycles. The van der Waals surface area contributed by atoms with Gasteiger partial charge in [-0.25, -0.2) is 4.79 Å². The van der Waals surface area contributed by atoms with E-state index in [1.807, 2.05) is 55.4 Å². The molecule has 2 aliphatic rings. The molecule has 25 heavy (non-hydrogen) atoms. The predicted molar refractivity (Wildman–Crippen MR) is 94.7 cm³/mol. The van der Waals surface area contributed by atoms with E-state index in [1.165, 1.54) is 18.7 Å². The summed E-state index contributed by atoms with van der Waals surface area (Å²) in [6.45, 7) is 18.7. The van der Waals surface area contributed by atoms with E-state index in [2.05, 4.69) is 5.32 Å². The number of ether oxygens (including phenoxy) is 1. The van der Waals surface area contributed by atoms with Crippen LogP contribution in [0, 0.1) is 16.7 Å². The molecule has 140 valence electrons. The molecule has 0 aromatic carbocycles. The molecule has 2 rings (SSSR count). The SMILES string of the molecule is [2H]C1(C)N2C(=O)O[C@](C)(C(C)(C)C)C2[C@@H](C)C(C(C)(C)C)[N-]C1(C)F.[K+]. The number of fused-ring (bicyclic) bond motifs is 1. The van der Waals surface area contributed by atoms with Crippen LogP contribution in [0.2, 0.25) is 0 Å². The molecule has 6 heteroatoms. The minimum absolute atomic E-state index is 0. The number of nitrogens with zero attached hydrogens (tertiary/aromatic N) is 2. The van der Waals surface area contributed by atoms with E-state index in [0.29, 0.717) is 0 Å². The molecule has 6 atom stereocenters. The Hall–Kier alpha value is 0.796. The number of halogens is 1. The van der Waals surface area contributed by atoms with Crippen molar-refractivity contribution in [3.8, 4) is 0 Å². The number of carbonyl (C=O) groups excluding carboxylic acids is 1. The summed E-state index contributed by atoms with van der Waals surface area (Å²) in [6, 6.07) is -2.63. The first kappa shape index (κ1) is 22.1. The quantitative estimate of drug-likeness (QED) is 0.477. The van der Waals surface area contributed by atoms with Crippen LogP contribution in [0.25, 0.3) is 5.32 Å². The van der Waals surface area contributed by atoms with Crippen LogP contribution in [0.15, 0.2) is 0 Å². The maximum atomic E-state index is 15.6. The molecule has 0 saturated carbocycles. The van der Waals surface area contributed by atoms with Crippen molar-refractivity contribution >= 4 is 6.09 Å². The largest absolute Gasteiger partial charge is 1.00 e. The van der Waals surface area contributed by atoms with Crippen molar-refractivity contribution in [3.63, 3.8) is 0 Å². The van der Waals surface area contributed by atoms with Crippen LogP contribution in [0.1, 0.15) is 70.6 Å². The normalized spacial score (nSPS) is 45.9. The van der Waals surface area contributed by atoms with Gasteiger partial charge in [0.05, 0.1) is 7.41 Å². The topological polar surface area (TPSA) is 43.6 Å². The van der Waals surface area contributed by atoms with Crippen LogP contribution in [-0.4, -0.2) is 40.5 Å². The monoisotopic (exact) mass is 381 g/mol. The summed E-state index contributed by atoms with van der Waals surface area (Å²) in [5.74, 6) is -2.35. The van der Waals surface area contributed by atoms with Crippen molar-refractivity contribution in [1.29, 1.82) is 0 Å². The minimum atomic E-state index is -2.20. The van der Waals surface area contributed by atoms with E-state index < -0.39 is 29.5 Å². The summed E-state index contributed by atoms with van der Waals surface area (Å²) in [7, 11) is 0. The third-order valence-electron chi connectivity index (χ3n) is 6.11. The maximum Gasteiger partial charge on any atom is 1.00 e. The van der Waals surface area contributed by atoms with Gasteiger partial charge in [-0.1, -0.05) is 53.9 Å². The summed E-state index contributed by atoms with van der Waals surface area (Å²) < 4.78 is 30.2. The van der Waals surface area contributed by atoms with Crippen molar-refractivity contribution < 1.29 is 66.7 Å². The van der Waals surface area contributed by atoms with Gasteiger partial charge < -0.3 is 10.1 Å². The number of hydrogen-bond acceptors (Lipinski definition) is 2. The average Bonchev–Trinajstić information content (AvgIpc) is 2.62. The Morgan fingerprint density at radius 2 is 1.68 bits per heavy atom. The fourth-order valence-electron chi connectivity index (χ4n) is 4.18. The van der Waals surface area contributed by atoms with Crippen molar-refractivity contribution in [2.24, 2.45) is 16.7 Å². The molecule has 0 spiro atoms. The molecule has 2 heterocycles. The second-order valence-corrected chi connectivity index (χ2v) is 9.88. The van der Waals surface area contributed by atoms with Crippen LogP contribution in [0.5, 0.6) is 0 Å². The van der Waals surface area contributed by atoms with Crippen LogP contribution < -0.4 is 51.4 Å². The third-order valence-corrected chi connectivity index (χ3v) is 6.11. The maximum absolute atomic E-state index is 15.6. The van der Waals surface area contributed by atoms with Gasteiger partial charge in [-0.2, -0.15) is 0 Å². The number of rotatable bonds is 0. The van der Waals surface area contributed by atoms with Crippen molar-refractivity contribution in [1.82, 2.24) is 4.90 Å². The molecular weight excluding hydrogens is 346 g/mol. The zero-order valence-corrected chi connectivity index (χ0v) is 20.9. The van der Waals surface area contributed by atoms with Gasteiger partial charge in [0.15, 0.2) is 0 Å². The molecule has 0 aromatic rings. The Morgan fingerprint density at radius 3 is 2.08 bits per heavy atom. The van der Waals surface area contributed by atoms with E-state index >= 15 is 4.39 Å². The van der Waals surface area contributed by atoms with Gasteiger partial charge >= 0.3 is 57.5 Å². The fraction of sp³-hybridized carbons (Fsp3) is 0.947. The molecule has 0 aromatic heterocycles. The van der Waals surface area contributed by atoms with Crippen LogP contribution in [-0.2, 0) is 4.74 Å². The van der Waals surface area contributed by atoms with E-state index in [-0.39, 0.29) is 74.2 Å². The minimum Gasteiger partial charge on any atom is -0.624 e. The molecule has 4 unspecified atom stereocenters. The summed E-state index contributed by atoms with van der Waals surface area (Å²) >= 11 is 0. The van der Waals surface area contributed by atoms with E-state index in [9.17, 15) is 4.79 Å². The zero-order valence-electron chi connectivity index (χ0n) is 18.8. The molecule has 1 amide bonds. The number of alkyl halides is 1. The summed E-state index contributed by atoms with van der Waals surface area (Å²) in [4.78, 5) is 14.1. The van der Waals surface area contributed by atoms with Gasteiger partial charge in [0.25, 0.3) is 0 Å². The first-order valence-corrected chi connectivity index (χ1v) is 8.81. The average molecular weight is 382 g/mol. The Labute approximate surface area is 196 Å². The summed E-state index contributed by atoms with van der Waals surface area (Å²) in [5, 5.41) is 4.47. The van der Waals surface area contributed by atoms with Crippen molar-refractivity contribution in [3.05, 3.63) is 5.32 Å². The van der Waals surface area contributed by atoms with E-state index in [1.54, 1.807) is 0 Å². The zero-order chi connectivity index (χ0) is 19.8. The second-order valence-electron chi connectivity index (χ2n) is 9.88. The number of hydrogen-bond donors (Lipinski definition) is 0. The Morgan fingerprint density at radius 1 is 1.20 bits per heavy atom. The van der Waals surface area contributed by atoms with Gasteiger partial charge in [0, 0.05) is 17.2 Å². The van der Waals surface area contributed by atoms with Crippen molar-refractivity contribution in [2.75, 3.05) is 0 Å². The molecule has 0 bridgehead atoms. The number of amides is 1. The van der Waals surface area contributed by atoms with E-state index in [4.69, 9.17) is 6.11 Å².